The van der Waals surface area contributed by atoms with Crippen LogP contribution in [0.3, 0.4) is 0 Å². The lowest BCUT2D eigenvalue weighted by atomic mass is 10.3. The van der Waals surface area contributed by atoms with E-state index in [0.29, 0.717) is 5.56 Å². The molecule has 1 aromatic heterocycles. The summed E-state index contributed by atoms with van der Waals surface area (Å²) in [5.41, 5.74) is 3.33. The fourth-order valence-electron chi connectivity index (χ4n) is 0.719. The number of hydrogen-bond acceptors (Lipinski definition) is 3. The molecule has 0 unspecified atom stereocenters. The van der Waals surface area contributed by atoms with Gasteiger partial charge in [-0.15, -0.1) is 11.3 Å². The van der Waals surface area contributed by atoms with Crippen LogP contribution in [0.25, 0.3) is 0 Å². The van der Waals surface area contributed by atoms with Gasteiger partial charge in [0.15, 0.2) is 0 Å². The highest BCUT2D eigenvalue weighted by Crippen LogP contribution is 2.22. The van der Waals surface area contributed by atoms with Crippen molar-refractivity contribution in [3.8, 4) is 0 Å². The van der Waals surface area contributed by atoms with E-state index in [0.717, 1.165) is 3.79 Å². The molecule has 0 aliphatic rings. The molecule has 3 nitrogen and oxygen atoms in total. The molecular formula is C7H9BrN2OS. The van der Waals surface area contributed by atoms with E-state index in [1.54, 1.807) is 25.2 Å². The van der Waals surface area contributed by atoms with Gasteiger partial charge in [0.1, 0.15) is 0 Å². The molecule has 12 heavy (non-hydrogen) atoms. The summed E-state index contributed by atoms with van der Waals surface area (Å²) < 4.78 is 0.863. The maximum atomic E-state index is 11.4. The highest BCUT2D eigenvalue weighted by molar-refractivity contribution is 9.11. The number of hydrogen-bond donors (Lipinski definition) is 1. The second-order valence-corrected chi connectivity index (χ2v) is 4.68. The van der Waals surface area contributed by atoms with Crippen LogP contribution in [0.5, 0.6) is 0 Å². The first-order valence-corrected chi connectivity index (χ1v) is 5.00. The van der Waals surface area contributed by atoms with Crippen molar-refractivity contribution in [1.82, 2.24) is 10.4 Å². The second kappa shape index (κ2) is 4.02. The number of nitrogens with one attached hydrogen (secondary N) is 1. The van der Waals surface area contributed by atoms with Crippen molar-refractivity contribution >= 4 is 33.2 Å². The van der Waals surface area contributed by atoms with Gasteiger partial charge in [0.2, 0.25) is 0 Å². The molecule has 0 spiro atoms. The third-order valence-corrected chi connectivity index (χ3v) is 2.87. The highest BCUT2D eigenvalue weighted by Gasteiger charge is 2.10. The van der Waals surface area contributed by atoms with E-state index >= 15 is 0 Å². The van der Waals surface area contributed by atoms with Crippen molar-refractivity contribution in [1.29, 1.82) is 0 Å². The highest BCUT2D eigenvalue weighted by atomic mass is 79.9. The number of rotatable bonds is 2. The zero-order valence-corrected chi connectivity index (χ0v) is 9.20. The Morgan fingerprint density at radius 3 is 2.75 bits per heavy atom. The Kier molecular flexibility index (Phi) is 3.25. The van der Waals surface area contributed by atoms with Gasteiger partial charge in [-0.3, -0.25) is 10.2 Å². The van der Waals surface area contributed by atoms with Gasteiger partial charge in [-0.1, -0.05) is 0 Å². The first kappa shape index (κ1) is 9.70. The molecule has 0 radical (unpaired) electrons. The fraction of sp³-hybridized carbons (Fsp3) is 0.286. The van der Waals surface area contributed by atoms with Gasteiger partial charge in [-0.2, -0.15) is 0 Å². The molecule has 0 saturated carbocycles. The first-order chi connectivity index (χ1) is 5.61. The molecular weight excluding hydrogens is 240 g/mol. The normalized spacial score (nSPS) is 10.3. The van der Waals surface area contributed by atoms with Gasteiger partial charge in [-0.05, 0) is 27.4 Å². The van der Waals surface area contributed by atoms with Crippen LogP contribution in [0.1, 0.15) is 10.4 Å². The lowest BCUT2D eigenvalue weighted by Crippen LogP contribution is -2.35. The monoisotopic (exact) mass is 248 g/mol. The van der Waals surface area contributed by atoms with Gasteiger partial charge in [0.25, 0.3) is 5.91 Å². The summed E-state index contributed by atoms with van der Waals surface area (Å²) in [7, 11) is 3.55. The van der Waals surface area contributed by atoms with Crippen molar-refractivity contribution in [3.05, 3.63) is 20.8 Å². The first-order valence-electron chi connectivity index (χ1n) is 3.32. The molecule has 1 heterocycles. The maximum Gasteiger partial charge on any atom is 0.267 e. The number of nitrogens with zero attached hydrogens (tertiary/aromatic N) is 1. The number of hydrazine groups is 1. The Morgan fingerprint density at radius 2 is 2.33 bits per heavy atom. The Labute approximate surface area is 83.5 Å². The second-order valence-electron chi connectivity index (χ2n) is 2.44. The Balaban J connectivity index is 2.72. The summed E-state index contributed by atoms with van der Waals surface area (Å²) in [5, 5.41) is 3.49. The Morgan fingerprint density at radius 1 is 1.67 bits per heavy atom. The van der Waals surface area contributed by atoms with Crippen LogP contribution in [-0.4, -0.2) is 25.0 Å². The van der Waals surface area contributed by atoms with Crippen molar-refractivity contribution < 1.29 is 4.79 Å². The molecule has 1 aromatic rings. The third-order valence-electron chi connectivity index (χ3n) is 1.19. The third kappa shape index (κ3) is 2.30. The summed E-state index contributed by atoms with van der Waals surface area (Å²) in [6, 6.07) is 1.79. The molecule has 66 valence electrons. The van der Waals surface area contributed by atoms with Gasteiger partial charge in [0, 0.05) is 14.1 Å². The van der Waals surface area contributed by atoms with Gasteiger partial charge < -0.3 is 0 Å². The van der Waals surface area contributed by atoms with Crippen LogP contribution < -0.4 is 5.43 Å². The lowest BCUT2D eigenvalue weighted by Gasteiger charge is -2.10. The summed E-state index contributed by atoms with van der Waals surface area (Å²) in [6.45, 7) is 0. The van der Waals surface area contributed by atoms with E-state index in [2.05, 4.69) is 21.4 Å². The number of halogens is 1. The van der Waals surface area contributed by atoms with Crippen molar-refractivity contribution in [2.45, 2.75) is 0 Å². The fourth-order valence-corrected chi connectivity index (χ4v) is 1.97. The van der Waals surface area contributed by atoms with Gasteiger partial charge >= 0.3 is 0 Å². The average molecular weight is 249 g/mol. The van der Waals surface area contributed by atoms with Crippen LogP contribution >= 0.6 is 27.3 Å². The number of thiophene rings is 1. The van der Waals surface area contributed by atoms with E-state index in [9.17, 15) is 4.79 Å². The Hall–Kier alpha value is -0.390. The molecule has 0 fully saturated rings. The molecule has 0 aromatic carbocycles. The smallest absolute Gasteiger partial charge is 0.267 e. The van der Waals surface area contributed by atoms with E-state index in [4.69, 9.17) is 0 Å². The minimum absolute atomic E-state index is 0.0897. The van der Waals surface area contributed by atoms with Gasteiger partial charge in [-0.25, -0.2) is 5.01 Å². The molecule has 0 saturated heterocycles. The zero-order valence-electron chi connectivity index (χ0n) is 6.80. The average Bonchev–Trinajstić information content (AvgIpc) is 2.33. The predicted octanol–water partition coefficient (Wildman–Crippen LogP) is 1.72. The van der Waals surface area contributed by atoms with Crippen molar-refractivity contribution in [2.75, 3.05) is 14.1 Å². The molecule has 0 aliphatic carbocycles. The summed E-state index contributed by atoms with van der Waals surface area (Å²) in [6.07, 6.45) is 0. The van der Waals surface area contributed by atoms with Crippen LogP contribution in [0.2, 0.25) is 0 Å². The van der Waals surface area contributed by atoms with E-state index in [1.165, 1.54) is 11.3 Å². The number of carbonyl (C=O) groups is 1. The van der Waals surface area contributed by atoms with Crippen LogP contribution in [0.15, 0.2) is 15.2 Å². The molecule has 0 aliphatic heterocycles. The van der Waals surface area contributed by atoms with Crippen molar-refractivity contribution in [3.63, 3.8) is 0 Å². The van der Waals surface area contributed by atoms with E-state index in [1.807, 2.05) is 5.38 Å². The molecule has 1 rings (SSSR count). The number of carbonyl (C=O) groups excluding carboxylic acids is 1. The minimum Gasteiger partial charge on any atom is -0.285 e. The predicted molar refractivity (Wildman–Crippen MR) is 53.2 cm³/mol. The summed E-state index contributed by atoms with van der Waals surface area (Å²) >= 11 is 4.79. The van der Waals surface area contributed by atoms with Crippen LogP contribution in [0, 0.1) is 0 Å². The Bertz CT molecular complexity index is 285. The molecule has 0 bridgehead atoms. The molecule has 0 atom stereocenters. The molecule has 5 heteroatoms. The van der Waals surface area contributed by atoms with E-state index in [-0.39, 0.29) is 5.91 Å². The van der Waals surface area contributed by atoms with Gasteiger partial charge in [0.05, 0.1) is 9.35 Å². The SMILES string of the molecule is CN(C)NC(=O)c1ccsc1Br. The zero-order chi connectivity index (χ0) is 9.14. The minimum atomic E-state index is -0.0897. The topological polar surface area (TPSA) is 32.3 Å². The van der Waals surface area contributed by atoms with E-state index < -0.39 is 0 Å². The standard InChI is InChI=1S/C7H9BrN2OS/c1-10(2)9-7(11)5-3-4-12-6(5)8/h3-4H,1-2H3,(H,9,11). The lowest BCUT2D eigenvalue weighted by molar-refractivity contribution is 0.0856. The largest absolute Gasteiger partial charge is 0.285 e. The maximum absolute atomic E-state index is 11.4. The van der Waals surface area contributed by atoms with Crippen LogP contribution in [0.4, 0.5) is 0 Å². The molecule has 1 amide bonds. The summed E-state index contributed by atoms with van der Waals surface area (Å²) in [5.74, 6) is -0.0897. The van der Waals surface area contributed by atoms with Crippen LogP contribution in [-0.2, 0) is 0 Å². The molecule has 1 N–H and O–H groups in total. The van der Waals surface area contributed by atoms with Crippen molar-refractivity contribution in [2.24, 2.45) is 0 Å². The quantitative estimate of drug-likeness (QED) is 0.809. The number of amides is 1. The summed E-state index contributed by atoms with van der Waals surface area (Å²) in [4.78, 5) is 11.4.